The molecule has 1 fully saturated rings. The van der Waals surface area contributed by atoms with Crippen LogP contribution in [0.15, 0.2) is 36.7 Å². The predicted molar refractivity (Wildman–Crippen MR) is 101 cm³/mol. The number of benzene rings is 1. The first-order valence-electron chi connectivity index (χ1n) is 7.97. The van der Waals surface area contributed by atoms with Gasteiger partial charge in [-0.05, 0) is 6.07 Å². The standard InChI is InChI=1S/C17H21FN4O2.2ClH/c1-22-8-6-20-17(22)16(13-4-2-3-5-14(13)18)21-15(23)10-12-11-24-9-7-19-12;;/h2-6,8,12,16,19H,7,9-11H2,1H3,(H,21,23);2*1H. The largest absolute Gasteiger partial charge is 0.378 e. The van der Waals surface area contributed by atoms with Crippen LogP contribution < -0.4 is 10.6 Å². The van der Waals surface area contributed by atoms with Gasteiger partial charge in [-0.1, -0.05) is 18.2 Å². The minimum absolute atomic E-state index is 0. The number of nitrogens with zero attached hydrogens (tertiary/aromatic N) is 2. The van der Waals surface area contributed by atoms with Crippen molar-refractivity contribution in [1.82, 2.24) is 20.2 Å². The minimum Gasteiger partial charge on any atom is -0.378 e. The molecule has 0 bridgehead atoms. The molecule has 0 saturated carbocycles. The van der Waals surface area contributed by atoms with Crippen LogP contribution in [0.2, 0.25) is 0 Å². The van der Waals surface area contributed by atoms with Gasteiger partial charge in [0, 0.05) is 44.0 Å². The summed E-state index contributed by atoms with van der Waals surface area (Å²) >= 11 is 0. The van der Waals surface area contributed by atoms with Crippen molar-refractivity contribution in [2.24, 2.45) is 7.05 Å². The van der Waals surface area contributed by atoms with Crippen molar-refractivity contribution in [3.63, 3.8) is 0 Å². The second-order valence-corrected chi connectivity index (χ2v) is 5.85. The lowest BCUT2D eigenvalue weighted by molar-refractivity contribution is -0.122. The fraction of sp³-hybridized carbons (Fsp3) is 0.412. The number of aromatic nitrogens is 2. The van der Waals surface area contributed by atoms with Crippen molar-refractivity contribution in [3.8, 4) is 0 Å². The Labute approximate surface area is 164 Å². The van der Waals surface area contributed by atoms with E-state index in [1.807, 2.05) is 7.05 Å². The highest BCUT2D eigenvalue weighted by Gasteiger charge is 2.25. The Kier molecular flexibility index (Phi) is 9.01. The average molecular weight is 405 g/mol. The Morgan fingerprint density at radius 2 is 2.23 bits per heavy atom. The number of morpholine rings is 1. The topological polar surface area (TPSA) is 68.2 Å². The first-order valence-corrected chi connectivity index (χ1v) is 7.97. The summed E-state index contributed by atoms with van der Waals surface area (Å²) in [6.45, 7) is 1.89. The fourth-order valence-electron chi connectivity index (χ4n) is 2.84. The average Bonchev–Trinajstić information content (AvgIpc) is 3.00. The van der Waals surface area contributed by atoms with Crippen LogP contribution in [0.3, 0.4) is 0 Å². The highest BCUT2D eigenvalue weighted by Crippen LogP contribution is 2.23. The number of imidazole rings is 1. The van der Waals surface area contributed by atoms with E-state index in [-0.39, 0.29) is 49.0 Å². The number of aryl methyl sites for hydroxylation is 1. The Bertz CT molecular complexity index is 708. The zero-order valence-electron chi connectivity index (χ0n) is 14.4. The maximum Gasteiger partial charge on any atom is 0.222 e. The van der Waals surface area contributed by atoms with Crippen molar-refractivity contribution in [1.29, 1.82) is 0 Å². The van der Waals surface area contributed by atoms with Gasteiger partial charge in [0.05, 0.1) is 13.2 Å². The van der Waals surface area contributed by atoms with E-state index in [1.54, 1.807) is 35.2 Å². The van der Waals surface area contributed by atoms with Crippen molar-refractivity contribution < 1.29 is 13.9 Å². The number of rotatable bonds is 5. The van der Waals surface area contributed by atoms with E-state index in [0.29, 0.717) is 24.6 Å². The summed E-state index contributed by atoms with van der Waals surface area (Å²) in [7, 11) is 1.82. The minimum atomic E-state index is -0.636. The number of amides is 1. The van der Waals surface area contributed by atoms with E-state index >= 15 is 0 Å². The van der Waals surface area contributed by atoms with Crippen LogP contribution in [0.1, 0.15) is 23.9 Å². The van der Waals surface area contributed by atoms with Gasteiger partial charge in [-0.15, -0.1) is 24.8 Å². The van der Waals surface area contributed by atoms with E-state index in [9.17, 15) is 9.18 Å². The van der Waals surface area contributed by atoms with Gasteiger partial charge in [0.1, 0.15) is 17.7 Å². The summed E-state index contributed by atoms with van der Waals surface area (Å²) < 4.78 is 21.4. The lowest BCUT2D eigenvalue weighted by atomic mass is 10.0. The lowest BCUT2D eigenvalue weighted by Crippen LogP contribution is -2.45. The first-order chi connectivity index (χ1) is 11.6. The molecular formula is C17H23Cl2FN4O2. The van der Waals surface area contributed by atoms with Crippen LogP contribution >= 0.6 is 24.8 Å². The number of hydrogen-bond donors (Lipinski definition) is 2. The molecule has 0 aliphatic carbocycles. The summed E-state index contributed by atoms with van der Waals surface area (Å²) in [5.74, 6) is 0.0421. The molecule has 6 nitrogen and oxygen atoms in total. The third-order valence-corrected chi connectivity index (χ3v) is 4.07. The Morgan fingerprint density at radius 3 is 2.85 bits per heavy atom. The van der Waals surface area contributed by atoms with Crippen molar-refractivity contribution in [2.75, 3.05) is 19.8 Å². The highest BCUT2D eigenvalue weighted by atomic mass is 35.5. The Morgan fingerprint density at radius 1 is 1.46 bits per heavy atom. The number of carbonyl (C=O) groups excluding carboxylic acids is 1. The fourth-order valence-corrected chi connectivity index (χ4v) is 2.84. The molecule has 2 N–H and O–H groups in total. The summed E-state index contributed by atoms with van der Waals surface area (Å²) in [6.07, 6.45) is 3.67. The molecule has 9 heteroatoms. The molecule has 1 amide bonds. The number of hydrogen-bond acceptors (Lipinski definition) is 4. The van der Waals surface area contributed by atoms with Gasteiger partial charge < -0.3 is 19.9 Å². The summed E-state index contributed by atoms with van der Waals surface area (Å²) in [5.41, 5.74) is 0.396. The third-order valence-electron chi connectivity index (χ3n) is 4.07. The SMILES string of the molecule is Cl.Cl.Cn1ccnc1C(NC(=O)CC1COCCN1)c1ccccc1F. The van der Waals surface area contributed by atoms with Gasteiger partial charge in [-0.3, -0.25) is 4.79 Å². The molecule has 26 heavy (non-hydrogen) atoms. The molecule has 1 saturated heterocycles. The summed E-state index contributed by atoms with van der Waals surface area (Å²) in [6, 6.07) is 5.76. The molecule has 144 valence electrons. The van der Waals surface area contributed by atoms with E-state index in [1.165, 1.54) is 6.07 Å². The zero-order valence-corrected chi connectivity index (χ0v) is 16.0. The summed E-state index contributed by atoms with van der Waals surface area (Å²) in [4.78, 5) is 16.7. The molecule has 1 aliphatic rings. The molecule has 2 atom stereocenters. The van der Waals surface area contributed by atoms with Crippen LogP contribution in [0.25, 0.3) is 0 Å². The second kappa shape index (κ2) is 10.5. The molecule has 3 rings (SSSR count). The van der Waals surface area contributed by atoms with E-state index in [4.69, 9.17) is 4.74 Å². The first kappa shape index (κ1) is 22.4. The van der Waals surface area contributed by atoms with Gasteiger partial charge in [-0.2, -0.15) is 0 Å². The predicted octanol–water partition coefficient (Wildman–Crippen LogP) is 1.99. The third kappa shape index (κ3) is 5.41. The van der Waals surface area contributed by atoms with Gasteiger partial charge in [0.25, 0.3) is 0 Å². The zero-order chi connectivity index (χ0) is 16.9. The molecule has 0 radical (unpaired) electrons. The monoisotopic (exact) mass is 404 g/mol. The van der Waals surface area contributed by atoms with Crippen LogP contribution in [0.4, 0.5) is 4.39 Å². The normalized spacial score (nSPS) is 17.5. The number of carbonyl (C=O) groups is 1. The van der Waals surface area contributed by atoms with Crippen LogP contribution in [-0.2, 0) is 16.6 Å². The molecule has 2 aromatic rings. The molecule has 1 aromatic carbocycles. The van der Waals surface area contributed by atoms with Gasteiger partial charge >= 0.3 is 0 Å². The molecule has 2 unspecified atom stereocenters. The van der Waals surface area contributed by atoms with Crippen molar-refractivity contribution >= 4 is 30.7 Å². The van der Waals surface area contributed by atoms with E-state index in [2.05, 4.69) is 15.6 Å². The molecule has 2 heterocycles. The van der Waals surface area contributed by atoms with Crippen LogP contribution in [0, 0.1) is 5.82 Å². The van der Waals surface area contributed by atoms with Crippen LogP contribution in [-0.4, -0.2) is 41.3 Å². The summed E-state index contributed by atoms with van der Waals surface area (Å²) in [5, 5.41) is 6.15. The Hall–Kier alpha value is -1.67. The highest BCUT2D eigenvalue weighted by molar-refractivity contribution is 5.85. The quantitative estimate of drug-likeness (QED) is 0.799. The van der Waals surface area contributed by atoms with Gasteiger partial charge in [0.2, 0.25) is 5.91 Å². The maximum absolute atomic E-state index is 14.3. The van der Waals surface area contributed by atoms with Gasteiger partial charge in [0.15, 0.2) is 0 Å². The Balaban J connectivity index is 0.00000169. The van der Waals surface area contributed by atoms with E-state index in [0.717, 1.165) is 6.54 Å². The molecule has 1 aromatic heterocycles. The lowest BCUT2D eigenvalue weighted by Gasteiger charge is -2.25. The van der Waals surface area contributed by atoms with E-state index < -0.39 is 6.04 Å². The smallest absolute Gasteiger partial charge is 0.222 e. The number of ether oxygens (including phenoxy) is 1. The van der Waals surface area contributed by atoms with Crippen molar-refractivity contribution in [2.45, 2.75) is 18.5 Å². The van der Waals surface area contributed by atoms with Crippen molar-refractivity contribution in [3.05, 3.63) is 53.9 Å². The number of nitrogens with one attached hydrogen (secondary N) is 2. The molecule has 0 spiro atoms. The molecule has 1 aliphatic heterocycles. The maximum atomic E-state index is 14.3. The van der Waals surface area contributed by atoms with Gasteiger partial charge in [-0.25, -0.2) is 9.37 Å². The molecular weight excluding hydrogens is 382 g/mol. The van der Waals surface area contributed by atoms with Crippen LogP contribution in [0.5, 0.6) is 0 Å². The number of halogens is 3. The second-order valence-electron chi connectivity index (χ2n) is 5.85.